The molecule has 0 heterocycles. The summed E-state index contributed by atoms with van der Waals surface area (Å²) >= 11 is 0. The highest BCUT2D eigenvalue weighted by Gasteiger charge is 2.46. The number of rotatable bonds is 9. The Morgan fingerprint density at radius 2 is 1.26 bits per heavy atom. The standard InChI is InChI=1S/C14H36O5Si4/c1-13(14(15)16-2)12-23(11,18-21(6,7)8)19-22(9,10)17-20(3,4)5/h13H,12H2,1-11H3. The van der Waals surface area contributed by atoms with Gasteiger partial charge in [0.25, 0.3) is 0 Å². The number of esters is 1. The fourth-order valence-electron chi connectivity index (χ4n) is 2.87. The van der Waals surface area contributed by atoms with Gasteiger partial charge in [-0.25, -0.2) is 0 Å². The number of hydrogen-bond donors (Lipinski definition) is 0. The van der Waals surface area contributed by atoms with Gasteiger partial charge in [-0.2, -0.15) is 0 Å². The van der Waals surface area contributed by atoms with Crippen LogP contribution in [0.5, 0.6) is 0 Å². The minimum atomic E-state index is -2.54. The third-order valence-electron chi connectivity index (χ3n) is 2.82. The Bertz CT molecular complexity index is 403. The summed E-state index contributed by atoms with van der Waals surface area (Å²) in [6.07, 6.45) is 0. The van der Waals surface area contributed by atoms with Crippen LogP contribution in [0, 0.1) is 5.92 Å². The van der Waals surface area contributed by atoms with Gasteiger partial charge in [-0.3, -0.25) is 4.79 Å². The van der Waals surface area contributed by atoms with Gasteiger partial charge in [-0.1, -0.05) is 6.92 Å². The van der Waals surface area contributed by atoms with Gasteiger partial charge in [0.1, 0.15) is 0 Å². The van der Waals surface area contributed by atoms with Gasteiger partial charge in [0.2, 0.25) is 0 Å². The molecule has 0 aromatic heterocycles. The van der Waals surface area contributed by atoms with Crippen LogP contribution in [0.15, 0.2) is 0 Å². The molecule has 0 aliphatic heterocycles. The zero-order chi connectivity index (χ0) is 18.7. The number of hydrogen-bond acceptors (Lipinski definition) is 5. The molecule has 0 aliphatic carbocycles. The second-order valence-electron chi connectivity index (χ2n) is 8.69. The molecule has 0 radical (unpaired) electrons. The van der Waals surface area contributed by atoms with E-state index in [0.717, 1.165) is 0 Å². The predicted octanol–water partition coefficient (Wildman–Crippen LogP) is 4.29. The third-order valence-corrected chi connectivity index (χ3v) is 16.5. The molecule has 23 heavy (non-hydrogen) atoms. The molecule has 0 amide bonds. The van der Waals surface area contributed by atoms with Gasteiger partial charge in [-0.15, -0.1) is 0 Å². The summed E-state index contributed by atoms with van der Waals surface area (Å²) in [5.41, 5.74) is 0. The molecule has 138 valence electrons. The number of carbonyl (C=O) groups excluding carboxylic acids is 1. The van der Waals surface area contributed by atoms with E-state index in [1.807, 2.05) is 6.92 Å². The molecule has 9 heteroatoms. The van der Waals surface area contributed by atoms with Gasteiger partial charge in [0, 0.05) is 6.04 Å². The van der Waals surface area contributed by atoms with Crippen LogP contribution in [0.2, 0.25) is 65.0 Å². The zero-order valence-corrected chi connectivity index (χ0v) is 20.8. The summed E-state index contributed by atoms with van der Waals surface area (Å²) in [5.74, 6) is -0.443. The van der Waals surface area contributed by atoms with Crippen LogP contribution in [-0.4, -0.2) is 46.8 Å². The van der Waals surface area contributed by atoms with Crippen LogP contribution in [0.1, 0.15) is 6.92 Å². The summed E-state index contributed by atoms with van der Waals surface area (Å²) in [5, 5.41) is 0. The first-order valence-electron chi connectivity index (χ1n) is 8.17. The van der Waals surface area contributed by atoms with Crippen molar-refractivity contribution in [2.45, 2.75) is 71.9 Å². The lowest BCUT2D eigenvalue weighted by atomic mass is 10.2. The second-order valence-corrected chi connectivity index (χ2v) is 25.1. The molecule has 2 atom stereocenters. The van der Waals surface area contributed by atoms with Gasteiger partial charge in [-0.05, 0) is 58.9 Å². The van der Waals surface area contributed by atoms with Crippen molar-refractivity contribution in [2.75, 3.05) is 7.11 Å². The maximum absolute atomic E-state index is 11.8. The van der Waals surface area contributed by atoms with E-state index in [9.17, 15) is 4.79 Å². The Morgan fingerprint density at radius 3 is 1.61 bits per heavy atom. The van der Waals surface area contributed by atoms with Crippen molar-refractivity contribution in [3.63, 3.8) is 0 Å². The van der Waals surface area contributed by atoms with E-state index in [0.29, 0.717) is 6.04 Å². The van der Waals surface area contributed by atoms with Gasteiger partial charge >= 0.3 is 23.1 Å². The first kappa shape index (κ1) is 23.2. The fourth-order valence-corrected chi connectivity index (χ4v) is 21.1. The Morgan fingerprint density at radius 1 is 0.826 bits per heavy atom. The number of ether oxygens (including phenoxy) is 1. The van der Waals surface area contributed by atoms with Crippen LogP contribution < -0.4 is 0 Å². The minimum absolute atomic E-state index is 0.211. The van der Waals surface area contributed by atoms with Crippen molar-refractivity contribution in [3.05, 3.63) is 0 Å². The molecule has 0 fully saturated rings. The van der Waals surface area contributed by atoms with E-state index in [2.05, 4.69) is 58.9 Å². The smallest absolute Gasteiger partial charge is 0.316 e. The Balaban J connectivity index is 5.32. The molecule has 0 aromatic rings. The molecule has 5 nitrogen and oxygen atoms in total. The first-order valence-corrected chi connectivity index (χ1v) is 20.3. The van der Waals surface area contributed by atoms with Crippen molar-refractivity contribution in [3.8, 4) is 0 Å². The van der Waals surface area contributed by atoms with E-state index in [1.165, 1.54) is 7.11 Å². The molecule has 0 rings (SSSR count). The molecule has 0 saturated carbocycles. The Hall–Kier alpha value is 0.218. The summed E-state index contributed by atoms with van der Waals surface area (Å²) in [4.78, 5) is 11.8. The summed E-state index contributed by atoms with van der Waals surface area (Å²) in [7, 11) is -6.93. The molecule has 0 bridgehead atoms. The Labute approximate surface area is 146 Å². The number of methoxy groups -OCH3 is 1. The quantitative estimate of drug-likeness (QED) is 0.430. The summed E-state index contributed by atoms with van der Waals surface area (Å²) < 4.78 is 24.2. The van der Waals surface area contributed by atoms with Crippen molar-refractivity contribution in [2.24, 2.45) is 5.92 Å². The summed E-state index contributed by atoms with van der Waals surface area (Å²) in [6, 6.07) is 0.593. The third kappa shape index (κ3) is 10.6. The molecule has 0 saturated heterocycles. The topological polar surface area (TPSA) is 54.0 Å². The normalized spacial score (nSPS) is 17.5. The van der Waals surface area contributed by atoms with Gasteiger partial charge < -0.3 is 17.1 Å². The largest absolute Gasteiger partial charge is 0.469 e. The van der Waals surface area contributed by atoms with Crippen LogP contribution >= 0.6 is 0 Å². The number of carbonyl (C=O) groups is 1. The maximum Gasteiger partial charge on any atom is 0.316 e. The molecular formula is C14H36O5Si4. The highest BCUT2D eigenvalue weighted by atomic mass is 28.5. The highest BCUT2D eigenvalue weighted by Crippen LogP contribution is 2.29. The van der Waals surface area contributed by atoms with E-state index >= 15 is 0 Å². The average molecular weight is 397 g/mol. The second kappa shape index (κ2) is 8.06. The molecule has 2 unspecified atom stereocenters. The lowest BCUT2D eigenvalue weighted by molar-refractivity contribution is -0.144. The minimum Gasteiger partial charge on any atom is -0.469 e. The zero-order valence-electron chi connectivity index (χ0n) is 16.8. The van der Waals surface area contributed by atoms with Crippen LogP contribution in [0.25, 0.3) is 0 Å². The molecule has 0 N–H and O–H groups in total. The monoisotopic (exact) mass is 396 g/mol. The van der Waals surface area contributed by atoms with Gasteiger partial charge in [0.15, 0.2) is 16.6 Å². The average Bonchev–Trinajstić information content (AvgIpc) is 2.19. The van der Waals surface area contributed by atoms with E-state index in [-0.39, 0.29) is 11.9 Å². The molecular weight excluding hydrogens is 360 g/mol. The van der Waals surface area contributed by atoms with Crippen LogP contribution in [0.4, 0.5) is 0 Å². The highest BCUT2D eigenvalue weighted by molar-refractivity contribution is 6.89. The lowest BCUT2D eigenvalue weighted by Crippen LogP contribution is -2.57. The fraction of sp³-hybridized carbons (Fsp3) is 0.929. The van der Waals surface area contributed by atoms with Crippen LogP contribution in [0.3, 0.4) is 0 Å². The van der Waals surface area contributed by atoms with Gasteiger partial charge in [0.05, 0.1) is 13.0 Å². The van der Waals surface area contributed by atoms with Crippen molar-refractivity contribution >= 4 is 39.7 Å². The maximum atomic E-state index is 11.8. The molecule has 0 spiro atoms. The SMILES string of the molecule is COC(=O)C(C)C[Si](C)(O[Si](C)(C)C)O[Si](C)(C)O[Si](C)(C)C. The Kier molecular flexibility index (Phi) is 8.14. The van der Waals surface area contributed by atoms with E-state index in [1.54, 1.807) is 0 Å². The van der Waals surface area contributed by atoms with Crippen LogP contribution in [-0.2, 0) is 21.9 Å². The van der Waals surface area contributed by atoms with E-state index < -0.39 is 33.8 Å². The van der Waals surface area contributed by atoms with Crippen molar-refractivity contribution in [1.29, 1.82) is 0 Å². The van der Waals surface area contributed by atoms with Crippen molar-refractivity contribution < 1.29 is 21.9 Å². The lowest BCUT2D eigenvalue weighted by Gasteiger charge is -2.41. The summed E-state index contributed by atoms with van der Waals surface area (Å²) in [6.45, 7) is 21.0. The van der Waals surface area contributed by atoms with Crippen molar-refractivity contribution in [1.82, 2.24) is 0 Å². The molecule has 0 aliphatic rings. The van der Waals surface area contributed by atoms with E-state index in [4.69, 9.17) is 17.1 Å². The predicted molar refractivity (Wildman–Crippen MR) is 105 cm³/mol. The molecule has 0 aromatic carbocycles. The first-order chi connectivity index (χ1) is 9.99.